The molecule has 1 aliphatic carbocycles. The number of hydrogen-bond acceptors (Lipinski definition) is 1. The fourth-order valence-electron chi connectivity index (χ4n) is 1.70. The zero-order valence-electron chi connectivity index (χ0n) is 7.38. The molecule has 1 aromatic carbocycles. The highest BCUT2D eigenvalue weighted by Gasteiger charge is 2.64. The van der Waals surface area contributed by atoms with Crippen LogP contribution in [0.4, 0.5) is 0 Å². The predicted molar refractivity (Wildman–Crippen MR) is 63.2 cm³/mol. The Hall–Kier alpha value is 0.0500. The van der Waals surface area contributed by atoms with E-state index in [0.29, 0.717) is 10.0 Å². The number of rotatable bonds is 2. The Labute approximate surface area is 107 Å². The Morgan fingerprint density at radius 1 is 1.13 bits per heavy atom. The molecule has 0 aliphatic heterocycles. The van der Waals surface area contributed by atoms with Crippen LogP contribution in [0, 0.1) is 5.92 Å². The lowest BCUT2D eigenvalue weighted by molar-refractivity contribution is -0.108. The van der Waals surface area contributed by atoms with E-state index in [-0.39, 0.29) is 11.8 Å². The van der Waals surface area contributed by atoms with Gasteiger partial charge in [-0.05, 0) is 23.8 Å². The second-order valence-electron chi connectivity index (χ2n) is 3.52. The van der Waals surface area contributed by atoms with Gasteiger partial charge < -0.3 is 4.79 Å². The van der Waals surface area contributed by atoms with Crippen molar-refractivity contribution in [3.63, 3.8) is 0 Å². The maximum Gasteiger partial charge on any atom is 0.136 e. The third-order valence-electron chi connectivity index (χ3n) is 2.50. The van der Waals surface area contributed by atoms with Crippen molar-refractivity contribution in [2.75, 3.05) is 0 Å². The third-order valence-corrected chi connectivity index (χ3v) is 3.91. The molecule has 5 heteroatoms. The molecule has 15 heavy (non-hydrogen) atoms. The number of alkyl halides is 2. The van der Waals surface area contributed by atoms with E-state index >= 15 is 0 Å². The second kappa shape index (κ2) is 3.81. The number of halogens is 4. The molecule has 1 fully saturated rings. The smallest absolute Gasteiger partial charge is 0.136 e. The van der Waals surface area contributed by atoms with Crippen molar-refractivity contribution in [1.29, 1.82) is 0 Å². The van der Waals surface area contributed by atoms with E-state index < -0.39 is 4.33 Å². The molecule has 1 aromatic rings. The van der Waals surface area contributed by atoms with Gasteiger partial charge in [-0.3, -0.25) is 0 Å². The molecule has 1 nitrogen and oxygen atoms in total. The first kappa shape index (κ1) is 11.5. The summed E-state index contributed by atoms with van der Waals surface area (Å²) in [5, 5.41) is 1.02. The maximum absolute atomic E-state index is 10.7. The van der Waals surface area contributed by atoms with Gasteiger partial charge in [0.1, 0.15) is 10.6 Å². The average Bonchev–Trinajstić information content (AvgIpc) is 2.66. The zero-order valence-corrected chi connectivity index (χ0v) is 10.4. The molecule has 80 valence electrons. The van der Waals surface area contributed by atoms with Gasteiger partial charge in [0.25, 0.3) is 0 Å². The minimum Gasteiger partial charge on any atom is -0.303 e. The molecule has 1 saturated carbocycles. The van der Waals surface area contributed by atoms with Crippen molar-refractivity contribution in [3.8, 4) is 0 Å². The van der Waals surface area contributed by atoms with E-state index in [1.807, 2.05) is 0 Å². The number of hydrogen-bond donors (Lipinski definition) is 0. The number of carbonyl (C=O) groups is 1. The normalized spacial score (nSPS) is 27.5. The van der Waals surface area contributed by atoms with Gasteiger partial charge in [0, 0.05) is 16.0 Å². The number of benzene rings is 1. The molecule has 0 spiro atoms. The lowest BCUT2D eigenvalue weighted by atomic mass is 10.1. The van der Waals surface area contributed by atoms with E-state index in [1.54, 1.807) is 18.2 Å². The van der Waals surface area contributed by atoms with Crippen LogP contribution in [0.5, 0.6) is 0 Å². The highest BCUT2D eigenvalue weighted by molar-refractivity contribution is 6.53. The summed E-state index contributed by atoms with van der Waals surface area (Å²) in [5.41, 5.74) is 0.801. The topological polar surface area (TPSA) is 17.1 Å². The zero-order chi connectivity index (χ0) is 11.2. The maximum atomic E-state index is 10.7. The molecule has 0 heterocycles. The van der Waals surface area contributed by atoms with E-state index in [0.717, 1.165) is 11.8 Å². The van der Waals surface area contributed by atoms with Crippen LogP contribution in [0.25, 0.3) is 0 Å². The SMILES string of the molecule is O=C[C@@H]1[C@@H](c2cc(Cl)cc(Cl)c2)C1(Cl)Cl. The Morgan fingerprint density at radius 2 is 1.67 bits per heavy atom. The summed E-state index contributed by atoms with van der Waals surface area (Å²) in [6, 6.07) is 5.07. The van der Waals surface area contributed by atoms with Gasteiger partial charge in [-0.2, -0.15) is 0 Å². The van der Waals surface area contributed by atoms with Crippen LogP contribution in [-0.2, 0) is 4.79 Å². The average molecular weight is 284 g/mol. The van der Waals surface area contributed by atoms with Crippen molar-refractivity contribution in [3.05, 3.63) is 33.8 Å². The van der Waals surface area contributed by atoms with Gasteiger partial charge >= 0.3 is 0 Å². The standard InChI is InChI=1S/C10H6Cl4O/c11-6-1-5(2-7(12)3-6)9-8(4-15)10(9,13)14/h1-4,8-9H/t8-,9-/m1/s1. The van der Waals surface area contributed by atoms with Crippen LogP contribution >= 0.6 is 46.4 Å². The summed E-state index contributed by atoms with van der Waals surface area (Å²) >= 11 is 23.6. The fourth-order valence-corrected chi connectivity index (χ4v) is 3.00. The first-order chi connectivity index (χ1) is 6.96. The summed E-state index contributed by atoms with van der Waals surface area (Å²) in [7, 11) is 0. The van der Waals surface area contributed by atoms with Gasteiger partial charge in [0.15, 0.2) is 0 Å². The molecular formula is C10H6Cl4O. The van der Waals surface area contributed by atoms with Crippen molar-refractivity contribution < 1.29 is 4.79 Å². The molecule has 0 bridgehead atoms. The van der Waals surface area contributed by atoms with Crippen LogP contribution < -0.4 is 0 Å². The molecular weight excluding hydrogens is 278 g/mol. The van der Waals surface area contributed by atoms with Gasteiger partial charge in [0.2, 0.25) is 0 Å². The molecule has 0 amide bonds. The fraction of sp³-hybridized carbons (Fsp3) is 0.300. The summed E-state index contributed by atoms with van der Waals surface area (Å²) in [5.74, 6) is -0.593. The minimum absolute atomic E-state index is 0.213. The predicted octanol–water partition coefficient (Wildman–Crippen LogP) is 4.08. The van der Waals surface area contributed by atoms with Gasteiger partial charge in [-0.25, -0.2) is 0 Å². The molecule has 0 N–H and O–H groups in total. The van der Waals surface area contributed by atoms with E-state index in [9.17, 15) is 4.79 Å². The van der Waals surface area contributed by atoms with Crippen molar-refractivity contribution in [2.24, 2.45) is 5.92 Å². The second-order valence-corrected chi connectivity index (χ2v) is 5.83. The van der Waals surface area contributed by atoms with E-state index in [2.05, 4.69) is 0 Å². The lowest BCUT2D eigenvalue weighted by Gasteiger charge is -2.02. The largest absolute Gasteiger partial charge is 0.303 e. The van der Waals surface area contributed by atoms with Crippen molar-refractivity contribution in [1.82, 2.24) is 0 Å². The summed E-state index contributed by atoms with van der Waals surface area (Å²) < 4.78 is -1.02. The highest BCUT2D eigenvalue weighted by Crippen LogP contribution is 2.64. The molecule has 0 unspecified atom stereocenters. The quantitative estimate of drug-likeness (QED) is 0.590. The summed E-state index contributed by atoms with van der Waals surface area (Å²) in [6.45, 7) is 0. The molecule has 2 rings (SSSR count). The van der Waals surface area contributed by atoms with Crippen LogP contribution in [0.15, 0.2) is 18.2 Å². The van der Waals surface area contributed by atoms with E-state index in [1.165, 1.54) is 0 Å². The third kappa shape index (κ3) is 1.99. The molecule has 0 aromatic heterocycles. The van der Waals surface area contributed by atoms with E-state index in [4.69, 9.17) is 46.4 Å². The van der Waals surface area contributed by atoms with Gasteiger partial charge in [0.05, 0.1) is 5.92 Å². The molecule has 0 radical (unpaired) electrons. The van der Waals surface area contributed by atoms with Crippen LogP contribution in [-0.4, -0.2) is 10.6 Å². The van der Waals surface area contributed by atoms with Gasteiger partial charge in [-0.1, -0.05) is 23.2 Å². The van der Waals surface area contributed by atoms with Crippen LogP contribution in [0.3, 0.4) is 0 Å². The first-order valence-electron chi connectivity index (χ1n) is 4.26. The highest BCUT2D eigenvalue weighted by atomic mass is 35.5. The van der Waals surface area contributed by atoms with Gasteiger partial charge in [-0.15, -0.1) is 23.2 Å². The minimum atomic E-state index is -1.02. The Kier molecular flexibility index (Phi) is 2.93. The molecule has 2 atom stereocenters. The Bertz CT molecular complexity index is 396. The number of carbonyl (C=O) groups excluding carboxylic acids is 1. The summed E-state index contributed by atoms with van der Waals surface area (Å²) in [6.07, 6.45) is 0.763. The summed E-state index contributed by atoms with van der Waals surface area (Å²) in [4.78, 5) is 10.7. The molecule has 1 aliphatic rings. The molecule has 0 saturated heterocycles. The lowest BCUT2D eigenvalue weighted by Crippen LogP contribution is -1.90. The number of aldehydes is 1. The van der Waals surface area contributed by atoms with Crippen LogP contribution in [0.2, 0.25) is 10.0 Å². The monoisotopic (exact) mass is 282 g/mol. The van der Waals surface area contributed by atoms with Crippen molar-refractivity contribution >= 4 is 52.7 Å². The Balaban J connectivity index is 2.36. The van der Waals surface area contributed by atoms with Crippen molar-refractivity contribution in [2.45, 2.75) is 10.3 Å². The first-order valence-corrected chi connectivity index (χ1v) is 5.77. The van der Waals surface area contributed by atoms with Crippen LogP contribution in [0.1, 0.15) is 11.5 Å². The Morgan fingerprint density at radius 3 is 2.07 bits per heavy atom.